The van der Waals surface area contributed by atoms with E-state index in [1.807, 2.05) is 49.6 Å². The van der Waals surface area contributed by atoms with Crippen molar-refractivity contribution in [3.8, 4) is 11.3 Å². The molecule has 7 heteroatoms. The molecule has 5 nitrogen and oxygen atoms in total. The highest BCUT2D eigenvalue weighted by Gasteiger charge is 2.22. The van der Waals surface area contributed by atoms with Gasteiger partial charge in [-0.15, -0.1) is 22.7 Å². The number of esters is 1. The molecule has 2 aromatic heterocycles. The molecule has 0 aliphatic rings. The highest BCUT2D eigenvalue weighted by Crippen LogP contribution is 2.25. The van der Waals surface area contributed by atoms with E-state index in [0.717, 1.165) is 21.0 Å². The number of ether oxygens (including phenoxy) is 1. The minimum Gasteiger partial charge on any atom is -0.449 e. The van der Waals surface area contributed by atoms with Crippen LogP contribution in [0.1, 0.15) is 27.0 Å². The average Bonchev–Trinajstić information content (AvgIpc) is 3.21. The maximum atomic E-state index is 12.3. The summed E-state index contributed by atoms with van der Waals surface area (Å²) >= 11 is 2.86. The number of carbonyl (C=O) groups is 2. The van der Waals surface area contributed by atoms with Crippen molar-refractivity contribution in [1.29, 1.82) is 0 Å². The Labute approximate surface area is 159 Å². The summed E-state index contributed by atoms with van der Waals surface area (Å²) in [5.41, 5.74) is 2.28. The van der Waals surface area contributed by atoms with Gasteiger partial charge in [0.2, 0.25) is 0 Å². The van der Waals surface area contributed by atoms with Crippen molar-refractivity contribution in [3.63, 3.8) is 0 Å². The normalized spacial score (nSPS) is 11.8. The van der Waals surface area contributed by atoms with Gasteiger partial charge in [0.05, 0.1) is 11.3 Å². The Bertz CT molecular complexity index is 931. The number of aromatic nitrogens is 1. The third-order valence-electron chi connectivity index (χ3n) is 3.72. The van der Waals surface area contributed by atoms with Crippen LogP contribution in [0.2, 0.25) is 0 Å². The van der Waals surface area contributed by atoms with Crippen molar-refractivity contribution >= 4 is 39.7 Å². The molecule has 0 aliphatic carbocycles. The van der Waals surface area contributed by atoms with Gasteiger partial charge in [-0.05, 0) is 26.8 Å². The molecule has 0 unspecified atom stereocenters. The molecule has 1 atom stereocenters. The lowest BCUT2D eigenvalue weighted by Gasteiger charge is -2.12. The number of rotatable bonds is 5. The summed E-state index contributed by atoms with van der Waals surface area (Å²) in [6.07, 6.45) is -0.911. The Morgan fingerprint density at radius 2 is 1.92 bits per heavy atom. The second-order valence-electron chi connectivity index (χ2n) is 5.77. The maximum Gasteiger partial charge on any atom is 0.340 e. The Morgan fingerprint density at radius 1 is 1.19 bits per heavy atom. The number of nitrogens with one attached hydrogen (secondary N) is 1. The summed E-state index contributed by atoms with van der Waals surface area (Å²) in [6, 6.07) is 11.5. The van der Waals surface area contributed by atoms with Crippen LogP contribution in [0.25, 0.3) is 11.3 Å². The number of thiophene rings is 1. The molecule has 26 heavy (non-hydrogen) atoms. The Morgan fingerprint density at radius 3 is 2.58 bits per heavy atom. The minimum absolute atomic E-state index is 0.406. The quantitative estimate of drug-likeness (QED) is 0.647. The summed E-state index contributed by atoms with van der Waals surface area (Å²) in [4.78, 5) is 30.8. The van der Waals surface area contributed by atoms with Crippen LogP contribution >= 0.6 is 22.7 Å². The van der Waals surface area contributed by atoms with Crippen molar-refractivity contribution in [2.45, 2.75) is 26.9 Å². The highest BCUT2D eigenvalue weighted by atomic mass is 32.1. The molecule has 0 spiro atoms. The van der Waals surface area contributed by atoms with Crippen LogP contribution in [0.15, 0.2) is 41.8 Å². The van der Waals surface area contributed by atoms with Crippen molar-refractivity contribution < 1.29 is 14.3 Å². The second kappa shape index (κ2) is 7.80. The molecule has 1 aromatic carbocycles. The summed E-state index contributed by atoms with van der Waals surface area (Å²) in [6.45, 7) is 5.34. The zero-order chi connectivity index (χ0) is 18.7. The van der Waals surface area contributed by atoms with Crippen LogP contribution in [-0.2, 0) is 9.53 Å². The number of carbonyl (C=O) groups excluding carboxylic acids is 2. The zero-order valence-electron chi connectivity index (χ0n) is 14.6. The largest absolute Gasteiger partial charge is 0.449 e. The van der Waals surface area contributed by atoms with Crippen LogP contribution < -0.4 is 5.32 Å². The van der Waals surface area contributed by atoms with Crippen LogP contribution in [0.5, 0.6) is 0 Å². The fourth-order valence-electron chi connectivity index (χ4n) is 2.39. The van der Waals surface area contributed by atoms with Gasteiger partial charge in [0.25, 0.3) is 5.91 Å². The molecule has 0 radical (unpaired) electrons. The summed E-state index contributed by atoms with van der Waals surface area (Å²) in [5, 5.41) is 5.05. The first kappa shape index (κ1) is 18.3. The fraction of sp³-hybridized carbons (Fsp3) is 0.211. The first-order valence-corrected chi connectivity index (χ1v) is 9.73. The summed E-state index contributed by atoms with van der Waals surface area (Å²) in [5.74, 6) is -0.893. The van der Waals surface area contributed by atoms with Crippen LogP contribution in [0.4, 0.5) is 5.13 Å². The Balaban J connectivity index is 1.62. The second-order valence-corrected chi connectivity index (χ2v) is 8.09. The number of aryl methyl sites for hydroxylation is 2. The van der Waals surface area contributed by atoms with Crippen LogP contribution in [-0.4, -0.2) is 23.0 Å². The van der Waals surface area contributed by atoms with E-state index in [-0.39, 0.29) is 0 Å². The molecule has 0 aliphatic heterocycles. The van der Waals surface area contributed by atoms with Gasteiger partial charge in [-0.25, -0.2) is 9.78 Å². The third-order valence-corrected chi connectivity index (χ3v) is 5.44. The number of hydrogen-bond acceptors (Lipinski definition) is 6. The number of hydrogen-bond donors (Lipinski definition) is 1. The van der Waals surface area contributed by atoms with Crippen molar-refractivity contribution in [3.05, 3.63) is 57.1 Å². The molecule has 0 bridgehead atoms. The van der Waals surface area contributed by atoms with E-state index < -0.39 is 18.0 Å². The molecule has 3 rings (SSSR count). The first-order valence-electron chi connectivity index (χ1n) is 8.04. The average molecular weight is 386 g/mol. The number of anilines is 1. The predicted octanol–water partition coefficient (Wildman–Crippen LogP) is 4.67. The van der Waals surface area contributed by atoms with E-state index in [2.05, 4.69) is 10.3 Å². The van der Waals surface area contributed by atoms with Gasteiger partial charge in [0.15, 0.2) is 11.2 Å². The molecule has 1 N–H and O–H groups in total. The van der Waals surface area contributed by atoms with Gasteiger partial charge in [-0.1, -0.05) is 30.3 Å². The molecular formula is C19H18N2O3S2. The lowest BCUT2D eigenvalue weighted by molar-refractivity contribution is -0.123. The number of thiazole rings is 1. The summed E-state index contributed by atoms with van der Waals surface area (Å²) in [7, 11) is 0. The maximum absolute atomic E-state index is 12.3. The molecule has 0 fully saturated rings. The van der Waals surface area contributed by atoms with E-state index in [9.17, 15) is 9.59 Å². The lowest BCUT2D eigenvalue weighted by atomic mass is 10.2. The minimum atomic E-state index is -0.911. The lowest BCUT2D eigenvalue weighted by Crippen LogP contribution is -2.30. The zero-order valence-corrected chi connectivity index (χ0v) is 16.2. The SMILES string of the molecule is Cc1cc(C(=O)O[C@H](C)C(=O)Nc2nc(-c3ccccc3)cs2)c(C)s1. The van der Waals surface area contributed by atoms with Crippen LogP contribution in [0, 0.1) is 13.8 Å². The first-order chi connectivity index (χ1) is 12.4. The molecule has 0 saturated heterocycles. The van der Waals surface area contributed by atoms with E-state index in [4.69, 9.17) is 4.74 Å². The van der Waals surface area contributed by atoms with Gasteiger partial charge in [-0.2, -0.15) is 0 Å². The van der Waals surface area contributed by atoms with E-state index in [1.54, 1.807) is 13.0 Å². The molecule has 134 valence electrons. The molecule has 1 amide bonds. The van der Waals surface area contributed by atoms with Gasteiger partial charge >= 0.3 is 5.97 Å². The van der Waals surface area contributed by atoms with E-state index >= 15 is 0 Å². The molecular weight excluding hydrogens is 368 g/mol. The number of nitrogens with zero attached hydrogens (tertiary/aromatic N) is 1. The van der Waals surface area contributed by atoms with Crippen LogP contribution in [0.3, 0.4) is 0 Å². The van der Waals surface area contributed by atoms with Gasteiger partial charge in [0.1, 0.15) is 0 Å². The predicted molar refractivity (Wildman–Crippen MR) is 105 cm³/mol. The van der Waals surface area contributed by atoms with Crippen molar-refractivity contribution in [2.75, 3.05) is 5.32 Å². The van der Waals surface area contributed by atoms with E-state index in [0.29, 0.717) is 10.7 Å². The Hall–Kier alpha value is -2.51. The third kappa shape index (κ3) is 4.17. The van der Waals surface area contributed by atoms with Crippen molar-refractivity contribution in [2.24, 2.45) is 0 Å². The monoisotopic (exact) mass is 386 g/mol. The highest BCUT2D eigenvalue weighted by molar-refractivity contribution is 7.14. The fourth-order valence-corrected chi connectivity index (χ4v) is 4.03. The summed E-state index contributed by atoms with van der Waals surface area (Å²) < 4.78 is 5.29. The molecule has 0 saturated carbocycles. The molecule has 3 aromatic rings. The number of benzene rings is 1. The molecule has 2 heterocycles. The van der Waals surface area contributed by atoms with E-state index in [1.165, 1.54) is 22.7 Å². The smallest absolute Gasteiger partial charge is 0.340 e. The van der Waals surface area contributed by atoms with Gasteiger partial charge in [-0.3, -0.25) is 10.1 Å². The van der Waals surface area contributed by atoms with Gasteiger partial charge in [0, 0.05) is 20.7 Å². The number of amides is 1. The standard InChI is InChI=1S/C19H18N2O3S2/c1-11-9-15(13(3)26-11)18(23)24-12(2)17(22)21-19-20-16(10-25-19)14-7-5-4-6-8-14/h4-10,12H,1-3H3,(H,20,21,22)/t12-/m1/s1. The topological polar surface area (TPSA) is 68.3 Å². The Kier molecular flexibility index (Phi) is 5.49. The van der Waals surface area contributed by atoms with Crippen molar-refractivity contribution in [1.82, 2.24) is 4.98 Å². The van der Waals surface area contributed by atoms with Gasteiger partial charge < -0.3 is 4.74 Å².